The second kappa shape index (κ2) is 9.57. The number of benzene rings is 2. The first-order valence-electron chi connectivity index (χ1n) is 10.3. The fraction of sp³-hybridized carbons (Fsp3) is 0.333. The minimum atomic E-state index is -0.311. The number of halogens is 1. The first-order chi connectivity index (χ1) is 14.4. The van der Waals surface area contributed by atoms with Gasteiger partial charge in [-0.25, -0.2) is 9.07 Å². The minimum absolute atomic E-state index is 0.107. The second-order valence-electron chi connectivity index (χ2n) is 7.19. The largest absolute Gasteiger partial charge is 0.438 e. The molecule has 3 rings (SSSR count). The number of carbonyl (C=O) groups is 1. The Labute approximate surface area is 177 Å². The number of para-hydroxylation sites is 1. The fourth-order valence-electron chi connectivity index (χ4n) is 3.43. The van der Waals surface area contributed by atoms with Crippen molar-refractivity contribution >= 4 is 5.91 Å². The quantitative estimate of drug-likeness (QED) is 0.512. The first-order valence-corrected chi connectivity index (χ1v) is 10.3. The monoisotopic (exact) mass is 409 g/mol. The van der Waals surface area contributed by atoms with Gasteiger partial charge in [-0.15, -0.1) is 0 Å². The standard InChI is InChI=1S/C24H28FN3O2/c1-5-27(6-2)23(29)16-15-21-18(4)26-28(20-13-11-19(25)12-14-20)24(21)30-22-10-8-7-9-17(22)3/h7-14H,5-6,15-16H2,1-4H3. The van der Waals surface area contributed by atoms with Crippen LogP contribution in [-0.4, -0.2) is 33.7 Å². The minimum Gasteiger partial charge on any atom is -0.438 e. The van der Waals surface area contributed by atoms with Crippen molar-refractivity contribution in [1.29, 1.82) is 0 Å². The highest BCUT2D eigenvalue weighted by molar-refractivity contribution is 5.76. The molecular formula is C24H28FN3O2. The van der Waals surface area contributed by atoms with E-state index in [1.807, 2.05) is 56.9 Å². The summed E-state index contributed by atoms with van der Waals surface area (Å²) in [6.07, 6.45) is 0.894. The summed E-state index contributed by atoms with van der Waals surface area (Å²) in [6, 6.07) is 13.9. The fourth-order valence-corrected chi connectivity index (χ4v) is 3.43. The molecule has 5 nitrogen and oxygen atoms in total. The number of aryl methyl sites for hydroxylation is 2. The summed E-state index contributed by atoms with van der Waals surface area (Å²) < 4.78 is 21.4. The van der Waals surface area contributed by atoms with Crippen molar-refractivity contribution in [3.05, 3.63) is 71.2 Å². The Balaban J connectivity index is 1.99. The van der Waals surface area contributed by atoms with Gasteiger partial charge in [0.15, 0.2) is 0 Å². The van der Waals surface area contributed by atoms with E-state index in [4.69, 9.17) is 4.74 Å². The van der Waals surface area contributed by atoms with E-state index in [1.54, 1.807) is 16.8 Å². The van der Waals surface area contributed by atoms with Gasteiger partial charge in [-0.1, -0.05) is 18.2 Å². The molecule has 3 aromatic rings. The normalized spacial score (nSPS) is 10.8. The molecule has 0 bridgehead atoms. The molecule has 0 unspecified atom stereocenters. The van der Waals surface area contributed by atoms with Crippen LogP contribution in [0.25, 0.3) is 5.69 Å². The number of rotatable bonds is 8. The van der Waals surface area contributed by atoms with Crippen molar-refractivity contribution in [1.82, 2.24) is 14.7 Å². The summed E-state index contributed by atoms with van der Waals surface area (Å²) in [4.78, 5) is 14.4. The molecule has 2 aromatic carbocycles. The zero-order chi connectivity index (χ0) is 21.7. The lowest BCUT2D eigenvalue weighted by Crippen LogP contribution is -2.30. The maximum Gasteiger partial charge on any atom is 0.226 e. The summed E-state index contributed by atoms with van der Waals surface area (Å²) in [6.45, 7) is 9.22. The number of carbonyl (C=O) groups excluding carboxylic acids is 1. The number of aromatic nitrogens is 2. The molecule has 0 N–H and O–H groups in total. The molecule has 1 amide bonds. The molecule has 0 spiro atoms. The van der Waals surface area contributed by atoms with E-state index in [-0.39, 0.29) is 11.7 Å². The van der Waals surface area contributed by atoms with Crippen LogP contribution in [0.4, 0.5) is 4.39 Å². The predicted molar refractivity (Wildman–Crippen MR) is 116 cm³/mol. The molecule has 30 heavy (non-hydrogen) atoms. The number of ether oxygens (including phenoxy) is 1. The van der Waals surface area contributed by atoms with E-state index in [0.717, 1.165) is 22.6 Å². The molecule has 158 valence electrons. The van der Waals surface area contributed by atoms with Gasteiger partial charge in [-0.3, -0.25) is 4.79 Å². The summed E-state index contributed by atoms with van der Waals surface area (Å²) in [5.41, 5.74) is 3.36. The lowest BCUT2D eigenvalue weighted by atomic mass is 10.1. The van der Waals surface area contributed by atoms with Gasteiger partial charge in [0.05, 0.1) is 11.4 Å². The summed E-state index contributed by atoms with van der Waals surface area (Å²) in [5, 5.41) is 4.64. The van der Waals surface area contributed by atoms with Crippen molar-refractivity contribution in [2.45, 2.75) is 40.5 Å². The molecule has 0 saturated heterocycles. The number of amides is 1. The Morgan fingerprint density at radius 1 is 1.07 bits per heavy atom. The third kappa shape index (κ3) is 4.70. The molecule has 0 saturated carbocycles. The van der Waals surface area contributed by atoms with Crippen LogP contribution in [-0.2, 0) is 11.2 Å². The Bertz CT molecular complexity index is 1010. The van der Waals surface area contributed by atoms with Crippen LogP contribution in [0.5, 0.6) is 11.6 Å². The van der Waals surface area contributed by atoms with Crippen LogP contribution in [0, 0.1) is 19.7 Å². The lowest BCUT2D eigenvalue weighted by molar-refractivity contribution is -0.130. The van der Waals surface area contributed by atoms with Gasteiger partial charge in [-0.2, -0.15) is 5.10 Å². The number of hydrogen-bond acceptors (Lipinski definition) is 3. The van der Waals surface area contributed by atoms with Gasteiger partial charge < -0.3 is 9.64 Å². The van der Waals surface area contributed by atoms with Gasteiger partial charge in [0.25, 0.3) is 0 Å². The Hall–Kier alpha value is -3.15. The maximum absolute atomic E-state index is 13.4. The van der Waals surface area contributed by atoms with Crippen molar-refractivity contribution in [3.8, 4) is 17.3 Å². The predicted octanol–water partition coefficient (Wildman–Crippen LogP) is 5.22. The van der Waals surface area contributed by atoms with Gasteiger partial charge in [0.2, 0.25) is 11.8 Å². The van der Waals surface area contributed by atoms with E-state index < -0.39 is 0 Å². The summed E-state index contributed by atoms with van der Waals surface area (Å²) >= 11 is 0. The van der Waals surface area contributed by atoms with Crippen LogP contribution >= 0.6 is 0 Å². The van der Waals surface area contributed by atoms with Gasteiger partial charge in [0.1, 0.15) is 11.6 Å². The van der Waals surface area contributed by atoms with Gasteiger partial charge in [-0.05, 0) is 70.0 Å². The molecule has 0 fully saturated rings. The average molecular weight is 410 g/mol. The zero-order valence-electron chi connectivity index (χ0n) is 18.0. The smallest absolute Gasteiger partial charge is 0.226 e. The molecule has 0 radical (unpaired) electrons. The molecule has 1 heterocycles. The average Bonchev–Trinajstić information content (AvgIpc) is 3.04. The molecule has 0 atom stereocenters. The summed E-state index contributed by atoms with van der Waals surface area (Å²) in [7, 11) is 0. The zero-order valence-corrected chi connectivity index (χ0v) is 18.0. The molecule has 1 aromatic heterocycles. The topological polar surface area (TPSA) is 47.4 Å². The lowest BCUT2D eigenvalue weighted by Gasteiger charge is -2.18. The van der Waals surface area contributed by atoms with E-state index in [1.165, 1.54) is 12.1 Å². The van der Waals surface area contributed by atoms with Crippen molar-refractivity contribution < 1.29 is 13.9 Å². The number of nitrogens with zero attached hydrogens (tertiary/aromatic N) is 3. The Kier molecular flexibility index (Phi) is 6.87. The van der Waals surface area contributed by atoms with E-state index in [2.05, 4.69) is 5.10 Å². The van der Waals surface area contributed by atoms with Crippen LogP contribution in [0.1, 0.15) is 37.1 Å². The van der Waals surface area contributed by atoms with Crippen LogP contribution in [0.3, 0.4) is 0 Å². The maximum atomic E-state index is 13.4. The molecule has 0 aliphatic heterocycles. The Morgan fingerprint density at radius 3 is 2.37 bits per heavy atom. The van der Waals surface area contributed by atoms with Crippen molar-refractivity contribution in [2.24, 2.45) is 0 Å². The van der Waals surface area contributed by atoms with Crippen LogP contribution in [0.15, 0.2) is 48.5 Å². The van der Waals surface area contributed by atoms with Crippen LogP contribution in [0.2, 0.25) is 0 Å². The highest BCUT2D eigenvalue weighted by atomic mass is 19.1. The summed E-state index contributed by atoms with van der Waals surface area (Å²) in [5.74, 6) is 1.07. The number of hydrogen-bond donors (Lipinski definition) is 0. The molecule has 6 heteroatoms. The van der Waals surface area contributed by atoms with E-state index >= 15 is 0 Å². The molecule has 0 aliphatic carbocycles. The SMILES string of the molecule is CCN(CC)C(=O)CCc1c(C)nn(-c2ccc(F)cc2)c1Oc1ccccc1C. The highest BCUT2D eigenvalue weighted by Gasteiger charge is 2.21. The van der Waals surface area contributed by atoms with E-state index in [0.29, 0.717) is 37.5 Å². The second-order valence-corrected chi connectivity index (χ2v) is 7.19. The van der Waals surface area contributed by atoms with Crippen molar-refractivity contribution in [2.75, 3.05) is 13.1 Å². The third-order valence-electron chi connectivity index (χ3n) is 5.21. The first kappa shape index (κ1) is 21.6. The van der Waals surface area contributed by atoms with E-state index in [9.17, 15) is 9.18 Å². The third-order valence-corrected chi connectivity index (χ3v) is 5.21. The van der Waals surface area contributed by atoms with Crippen molar-refractivity contribution in [3.63, 3.8) is 0 Å². The highest BCUT2D eigenvalue weighted by Crippen LogP contribution is 2.33. The van der Waals surface area contributed by atoms with Gasteiger partial charge >= 0.3 is 0 Å². The van der Waals surface area contributed by atoms with Gasteiger partial charge in [0, 0.05) is 25.1 Å². The Morgan fingerprint density at radius 2 is 1.73 bits per heavy atom. The molecule has 0 aliphatic rings. The molecular weight excluding hydrogens is 381 g/mol. The van der Waals surface area contributed by atoms with Crippen LogP contribution < -0.4 is 4.74 Å².